The molecule has 0 saturated carbocycles. The molecule has 0 radical (unpaired) electrons. The van der Waals surface area contributed by atoms with Crippen molar-refractivity contribution in [3.8, 4) is 0 Å². The van der Waals surface area contributed by atoms with Crippen LogP contribution in [0.5, 0.6) is 0 Å². The van der Waals surface area contributed by atoms with Crippen molar-refractivity contribution in [2.75, 3.05) is 10.8 Å². The third-order valence-corrected chi connectivity index (χ3v) is 9.35. The number of carbonyl (C=O) groups is 2. The van der Waals surface area contributed by atoms with Gasteiger partial charge < -0.3 is 10.2 Å². The van der Waals surface area contributed by atoms with Crippen LogP contribution in [-0.2, 0) is 32.6 Å². The summed E-state index contributed by atoms with van der Waals surface area (Å²) < 4.78 is 29.3. The van der Waals surface area contributed by atoms with Crippen LogP contribution in [0.1, 0.15) is 37.5 Å². The molecule has 0 spiro atoms. The summed E-state index contributed by atoms with van der Waals surface area (Å²) >= 11 is 12.8. The van der Waals surface area contributed by atoms with Gasteiger partial charge in [-0.2, -0.15) is 0 Å². The van der Waals surface area contributed by atoms with Crippen LogP contribution in [0.2, 0.25) is 10.0 Å². The van der Waals surface area contributed by atoms with E-state index in [1.54, 1.807) is 54.6 Å². The van der Waals surface area contributed by atoms with Crippen molar-refractivity contribution in [3.63, 3.8) is 0 Å². The van der Waals surface area contributed by atoms with Gasteiger partial charge in [-0.05, 0) is 75.2 Å². The number of amides is 2. The van der Waals surface area contributed by atoms with Crippen LogP contribution in [0.15, 0.2) is 108 Å². The standard InChI is InChI=1S/C35H37Cl2N3O4S/c1-25-17-19-29(20-18-25)45(43,44)40(31-16-9-8-15-30(31)37)24-33(41)39(23-27-13-10-14-28(36)21-27)32(34(42)38-35(2,3)4)22-26-11-6-5-7-12-26/h5-21,32H,22-24H2,1-4H3,(H,38,42)/t32-/m0/s1. The monoisotopic (exact) mass is 665 g/mol. The largest absolute Gasteiger partial charge is 0.350 e. The summed E-state index contributed by atoms with van der Waals surface area (Å²) in [5.74, 6) is -0.956. The summed E-state index contributed by atoms with van der Waals surface area (Å²) in [6, 6.07) is 28.2. The summed E-state index contributed by atoms with van der Waals surface area (Å²) in [7, 11) is -4.26. The van der Waals surface area contributed by atoms with Crippen LogP contribution in [0, 0.1) is 6.92 Å². The molecule has 0 aliphatic heterocycles. The Morgan fingerprint density at radius 2 is 1.44 bits per heavy atom. The highest BCUT2D eigenvalue weighted by atomic mass is 35.5. The Morgan fingerprint density at radius 1 is 0.822 bits per heavy atom. The normalized spacial score (nSPS) is 12.3. The zero-order valence-electron chi connectivity index (χ0n) is 25.7. The first-order chi connectivity index (χ1) is 21.2. The van der Waals surface area contributed by atoms with Crippen LogP contribution < -0.4 is 9.62 Å². The quantitative estimate of drug-likeness (QED) is 0.186. The Hall–Kier alpha value is -3.85. The van der Waals surface area contributed by atoms with E-state index in [4.69, 9.17) is 23.2 Å². The Labute approximate surface area is 275 Å². The maximum atomic E-state index is 14.5. The topological polar surface area (TPSA) is 86.8 Å². The van der Waals surface area contributed by atoms with Crippen LogP contribution >= 0.6 is 23.2 Å². The zero-order chi connectivity index (χ0) is 32.8. The van der Waals surface area contributed by atoms with Gasteiger partial charge in [0.15, 0.2) is 0 Å². The van der Waals surface area contributed by atoms with Crippen LogP contribution in [-0.4, -0.2) is 43.3 Å². The molecule has 0 fully saturated rings. The molecule has 1 atom stereocenters. The van der Waals surface area contributed by atoms with E-state index in [-0.39, 0.29) is 34.5 Å². The number of halogens is 2. The summed E-state index contributed by atoms with van der Waals surface area (Å²) in [4.78, 5) is 29.9. The second kappa shape index (κ2) is 14.5. The first kappa shape index (κ1) is 34.0. The molecule has 0 bridgehead atoms. The van der Waals surface area contributed by atoms with E-state index in [1.165, 1.54) is 17.0 Å². The van der Waals surface area contributed by atoms with Gasteiger partial charge in [0.1, 0.15) is 12.6 Å². The van der Waals surface area contributed by atoms with Crippen molar-refractivity contribution in [1.29, 1.82) is 0 Å². The van der Waals surface area contributed by atoms with E-state index < -0.39 is 34.1 Å². The number of sulfonamides is 1. The highest BCUT2D eigenvalue weighted by Gasteiger charge is 2.36. The van der Waals surface area contributed by atoms with Crippen molar-refractivity contribution < 1.29 is 18.0 Å². The Bertz CT molecular complexity index is 1740. The average molecular weight is 667 g/mol. The van der Waals surface area contributed by atoms with Gasteiger partial charge in [0.25, 0.3) is 10.0 Å². The molecule has 1 N–H and O–H groups in total. The highest BCUT2D eigenvalue weighted by Crippen LogP contribution is 2.31. The number of aryl methyl sites for hydroxylation is 1. The lowest BCUT2D eigenvalue weighted by atomic mass is 10.0. The lowest BCUT2D eigenvalue weighted by molar-refractivity contribution is -0.140. The Balaban J connectivity index is 1.83. The van der Waals surface area contributed by atoms with E-state index in [1.807, 2.05) is 64.1 Å². The van der Waals surface area contributed by atoms with Gasteiger partial charge in [-0.15, -0.1) is 0 Å². The van der Waals surface area contributed by atoms with E-state index >= 15 is 0 Å². The molecule has 7 nitrogen and oxygen atoms in total. The molecular formula is C35H37Cl2N3O4S. The number of benzene rings is 4. The van der Waals surface area contributed by atoms with Crippen molar-refractivity contribution in [3.05, 3.63) is 130 Å². The summed E-state index contributed by atoms with van der Waals surface area (Å²) in [5.41, 5.74) is 1.97. The predicted octanol–water partition coefficient (Wildman–Crippen LogP) is 7.05. The second-order valence-electron chi connectivity index (χ2n) is 11.9. The highest BCUT2D eigenvalue weighted by molar-refractivity contribution is 7.92. The molecule has 0 aliphatic carbocycles. The fourth-order valence-electron chi connectivity index (χ4n) is 4.84. The predicted molar refractivity (Wildman–Crippen MR) is 181 cm³/mol. The van der Waals surface area contributed by atoms with Gasteiger partial charge in [-0.1, -0.05) is 95.5 Å². The van der Waals surface area contributed by atoms with E-state index in [9.17, 15) is 18.0 Å². The third kappa shape index (κ3) is 9.10. The number of para-hydroxylation sites is 1. The van der Waals surface area contributed by atoms with Gasteiger partial charge in [0.05, 0.1) is 15.6 Å². The molecule has 4 aromatic rings. The number of hydrogen-bond donors (Lipinski definition) is 1. The summed E-state index contributed by atoms with van der Waals surface area (Å²) in [5, 5.41) is 3.65. The number of rotatable bonds is 11. The second-order valence-corrected chi connectivity index (χ2v) is 14.6. The molecule has 10 heteroatoms. The lowest BCUT2D eigenvalue weighted by Crippen LogP contribution is -2.56. The maximum Gasteiger partial charge on any atom is 0.264 e. The van der Waals surface area contributed by atoms with Crippen molar-refractivity contribution in [2.45, 2.75) is 57.1 Å². The molecule has 0 heterocycles. The van der Waals surface area contributed by atoms with Gasteiger partial charge >= 0.3 is 0 Å². The molecule has 4 rings (SSSR count). The number of hydrogen-bond acceptors (Lipinski definition) is 4. The molecule has 0 aromatic heterocycles. The maximum absolute atomic E-state index is 14.5. The minimum absolute atomic E-state index is 0.00789. The van der Waals surface area contributed by atoms with Gasteiger partial charge in [0.2, 0.25) is 11.8 Å². The Kier molecular flexibility index (Phi) is 11.0. The number of carbonyl (C=O) groups excluding carboxylic acids is 2. The zero-order valence-corrected chi connectivity index (χ0v) is 28.0. The minimum atomic E-state index is -4.26. The molecule has 4 aromatic carbocycles. The molecular weight excluding hydrogens is 629 g/mol. The fourth-order valence-corrected chi connectivity index (χ4v) is 6.78. The summed E-state index contributed by atoms with van der Waals surface area (Å²) in [6.45, 7) is 6.85. The number of anilines is 1. The lowest BCUT2D eigenvalue weighted by Gasteiger charge is -2.35. The van der Waals surface area contributed by atoms with Crippen molar-refractivity contribution in [1.82, 2.24) is 10.2 Å². The smallest absolute Gasteiger partial charge is 0.264 e. The molecule has 2 amide bonds. The van der Waals surface area contributed by atoms with Crippen molar-refractivity contribution in [2.24, 2.45) is 0 Å². The average Bonchev–Trinajstić information content (AvgIpc) is 2.98. The molecule has 0 aliphatic rings. The molecule has 0 saturated heterocycles. The molecule has 0 unspecified atom stereocenters. The number of nitrogens with zero attached hydrogens (tertiary/aromatic N) is 2. The van der Waals surface area contributed by atoms with Crippen LogP contribution in [0.3, 0.4) is 0 Å². The van der Waals surface area contributed by atoms with E-state index in [0.717, 1.165) is 15.4 Å². The van der Waals surface area contributed by atoms with Gasteiger partial charge in [-0.3, -0.25) is 13.9 Å². The van der Waals surface area contributed by atoms with Crippen LogP contribution in [0.25, 0.3) is 0 Å². The minimum Gasteiger partial charge on any atom is -0.350 e. The third-order valence-electron chi connectivity index (χ3n) is 7.02. The van der Waals surface area contributed by atoms with Crippen LogP contribution in [0.4, 0.5) is 5.69 Å². The first-order valence-electron chi connectivity index (χ1n) is 14.5. The molecule has 236 valence electrons. The number of nitrogens with one attached hydrogen (secondary N) is 1. The van der Waals surface area contributed by atoms with Gasteiger partial charge in [-0.25, -0.2) is 8.42 Å². The fraction of sp³-hybridized carbons (Fsp3) is 0.257. The summed E-state index contributed by atoms with van der Waals surface area (Å²) in [6.07, 6.45) is 0.200. The SMILES string of the molecule is Cc1ccc(S(=O)(=O)N(CC(=O)N(Cc2cccc(Cl)c2)[C@@H](Cc2ccccc2)C(=O)NC(C)(C)C)c2ccccc2Cl)cc1. The molecule has 45 heavy (non-hydrogen) atoms. The van der Waals surface area contributed by atoms with E-state index in [2.05, 4.69) is 5.32 Å². The van der Waals surface area contributed by atoms with Crippen molar-refractivity contribution >= 4 is 50.7 Å². The first-order valence-corrected chi connectivity index (χ1v) is 16.7. The Morgan fingerprint density at radius 3 is 2.07 bits per heavy atom. The van der Waals surface area contributed by atoms with E-state index in [0.29, 0.717) is 10.6 Å². The van der Waals surface area contributed by atoms with Gasteiger partial charge in [0, 0.05) is 23.5 Å².